The number of esters is 1. The maximum Gasteiger partial charge on any atom is 0.412 e. The summed E-state index contributed by atoms with van der Waals surface area (Å²) in [6.45, 7) is 15.4. The number of likely N-dealkylation sites (tertiary alicyclic amines) is 1. The van der Waals surface area contributed by atoms with Crippen LogP contribution in [0.1, 0.15) is 84.8 Å². The van der Waals surface area contributed by atoms with Gasteiger partial charge >= 0.3 is 12.1 Å². The molecule has 1 aliphatic heterocycles. The Labute approximate surface area is 272 Å². The van der Waals surface area contributed by atoms with E-state index in [1.54, 1.807) is 51.1 Å². The van der Waals surface area contributed by atoms with Gasteiger partial charge in [0, 0.05) is 11.8 Å². The van der Waals surface area contributed by atoms with E-state index in [2.05, 4.69) is 20.8 Å². The number of rotatable bonds is 6. The Kier molecular flexibility index (Phi) is 7.47. The third-order valence-corrected chi connectivity index (χ3v) is 13.1. The lowest BCUT2D eigenvalue weighted by molar-refractivity contribution is -0.164. The van der Waals surface area contributed by atoms with Crippen LogP contribution in [0.5, 0.6) is 0 Å². The van der Waals surface area contributed by atoms with Crippen LogP contribution in [0.3, 0.4) is 0 Å². The number of hydrogen-bond donors (Lipinski definition) is 0. The first-order valence-electron chi connectivity index (χ1n) is 16.3. The summed E-state index contributed by atoms with van der Waals surface area (Å²) in [7, 11) is -4.13. The van der Waals surface area contributed by atoms with E-state index in [4.69, 9.17) is 9.47 Å². The fourth-order valence-electron chi connectivity index (χ4n) is 8.79. The Hall–Kier alpha value is -3.40. The zero-order valence-corrected chi connectivity index (χ0v) is 28.9. The van der Waals surface area contributed by atoms with Crippen LogP contribution >= 0.6 is 0 Å². The van der Waals surface area contributed by atoms with Gasteiger partial charge in [0.1, 0.15) is 11.7 Å². The van der Waals surface area contributed by atoms with Gasteiger partial charge in [-0.2, -0.15) is 0 Å². The second-order valence-corrected chi connectivity index (χ2v) is 17.3. The van der Waals surface area contributed by atoms with Gasteiger partial charge in [-0.05, 0) is 107 Å². The van der Waals surface area contributed by atoms with E-state index < -0.39 is 62.2 Å². The number of sulfonamides is 1. The molecule has 1 amide bonds. The second kappa shape index (κ2) is 10.6. The van der Waals surface area contributed by atoms with Crippen LogP contribution in [-0.2, 0) is 29.1 Å². The largest absolute Gasteiger partial charge is 0.457 e. The van der Waals surface area contributed by atoms with Gasteiger partial charge < -0.3 is 9.47 Å². The highest BCUT2D eigenvalue weighted by Crippen LogP contribution is 2.68. The smallest absolute Gasteiger partial charge is 0.412 e. The molecular formula is C36H46N2O7S. The van der Waals surface area contributed by atoms with E-state index in [0.717, 1.165) is 24.0 Å². The Morgan fingerprint density at radius 2 is 1.61 bits per heavy atom. The molecule has 248 valence electrons. The molecule has 10 heteroatoms. The SMILES string of the molecule is Cc1cc(C)cc(N(C2[C@H]3CC[C@@](C)([C@@H]2OC(=O)[C@@]24C(=O)CCC[C@@H]2N4C(=O)OC(C)(C)C)C3(C)C)S(=O)(=O)c2ccccc2)c1. The molecule has 1 unspecified atom stereocenters. The first kappa shape index (κ1) is 32.5. The Morgan fingerprint density at radius 1 is 0.978 bits per heavy atom. The molecule has 9 nitrogen and oxygen atoms in total. The third-order valence-electron chi connectivity index (χ3n) is 11.3. The number of carbonyl (C=O) groups excluding carboxylic acids is 3. The van der Waals surface area contributed by atoms with Gasteiger partial charge in [0.05, 0.1) is 22.7 Å². The Balaban J connectivity index is 1.47. The minimum Gasteiger partial charge on any atom is -0.457 e. The Bertz CT molecular complexity index is 1680. The van der Waals surface area contributed by atoms with E-state index in [9.17, 15) is 22.8 Å². The lowest BCUT2D eigenvalue weighted by Gasteiger charge is -2.43. The highest BCUT2D eigenvalue weighted by molar-refractivity contribution is 7.92. The van der Waals surface area contributed by atoms with Crippen molar-refractivity contribution in [2.45, 2.75) is 122 Å². The number of carbonyl (C=O) groups is 3. The van der Waals surface area contributed by atoms with Crippen LogP contribution in [0.15, 0.2) is 53.4 Å². The topological polar surface area (TPSA) is 110 Å². The van der Waals surface area contributed by atoms with Crippen molar-refractivity contribution >= 4 is 33.6 Å². The van der Waals surface area contributed by atoms with E-state index in [1.165, 1.54) is 9.21 Å². The number of amides is 1. The predicted molar refractivity (Wildman–Crippen MR) is 174 cm³/mol. The summed E-state index contributed by atoms with van der Waals surface area (Å²) in [6, 6.07) is 12.7. The molecule has 46 heavy (non-hydrogen) atoms. The van der Waals surface area contributed by atoms with E-state index >= 15 is 0 Å². The number of fused-ring (bicyclic) bond motifs is 3. The number of ketones is 1. The van der Waals surface area contributed by atoms with Crippen LogP contribution in [0.25, 0.3) is 0 Å². The summed E-state index contributed by atoms with van der Waals surface area (Å²) in [4.78, 5) is 42.9. The highest BCUT2D eigenvalue weighted by Gasteiger charge is 2.79. The van der Waals surface area contributed by atoms with Gasteiger partial charge in [-0.1, -0.05) is 45.0 Å². The van der Waals surface area contributed by atoms with E-state index in [-0.39, 0.29) is 23.0 Å². The number of aryl methyl sites for hydroxylation is 2. The molecule has 4 aliphatic rings. The summed E-state index contributed by atoms with van der Waals surface area (Å²) in [5, 5.41) is 0. The van der Waals surface area contributed by atoms with Crippen molar-refractivity contribution in [1.82, 2.24) is 4.90 Å². The predicted octanol–water partition coefficient (Wildman–Crippen LogP) is 6.35. The van der Waals surface area contributed by atoms with Crippen LogP contribution < -0.4 is 4.31 Å². The zero-order chi connectivity index (χ0) is 33.6. The number of anilines is 1. The quantitative estimate of drug-likeness (QED) is 0.204. The van der Waals surface area contributed by atoms with Crippen LogP contribution in [0.4, 0.5) is 10.5 Å². The fourth-order valence-corrected chi connectivity index (χ4v) is 10.5. The summed E-state index contributed by atoms with van der Waals surface area (Å²) in [5.41, 5.74) is -1.26. The minimum absolute atomic E-state index is 0.143. The summed E-state index contributed by atoms with van der Waals surface area (Å²) >= 11 is 0. The second-order valence-electron chi connectivity index (χ2n) is 15.5. The molecule has 0 radical (unpaired) electrons. The average Bonchev–Trinajstić information content (AvgIpc) is 3.56. The third kappa shape index (κ3) is 4.68. The first-order chi connectivity index (χ1) is 21.4. The lowest BCUT2D eigenvalue weighted by atomic mass is 9.70. The number of hydrogen-bond acceptors (Lipinski definition) is 7. The molecule has 6 rings (SSSR count). The fraction of sp³-hybridized carbons (Fsp3) is 0.583. The molecule has 2 aromatic carbocycles. The van der Waals surface area contributed by atoms with Crippen molar-refractivity contribution in [2.24, 2.45) is 16.7 Å². The molecule has 1 saturated heterocycles. The molecule has 4 fully saturated rings. The maximum absolute atomic E-state index is 14.7. The molecule has 0 spiro atoms. The van der Waals surface area contributed by atoms with Crippen molar-refractivity contribution in [1.29, 1.82) is 0 Å². The number of ether oxygens (including phenoxy) is 2. The first-order valence-corrected chi connectivity index (χ1v) is 17.8. The van der Waals surface area contributed by atoms with Crippen molar-refractivity contribution in [3.8, 4) is 0 Å². The van der Waals surface area contributed by atoms with Crippen LogP contribution in [0.2, 0.25) is 0 Å². The normalized spacial score (nSPS) is 31.3. The van der Waals surface area contributed by atoms with Crippen LogP contribution in [-0.4, -0.2) is 60.5 Å². The highest BCUT2D eigenvalue weighted by atomic mass is 32.2. The molecule has 2 aromatic rings. The lowest BCUT2D eigenvalue weighted by Crippen LogP contribution is -2.56. The molecule has 0 aromatic heterocycles. The molecule has 3 saturated carbocycles. The van der Waals surface area contributed by atoms with Gasteiger partial charge in [-0.15, -0.1) is 0 Å². The molecule has 3 aliphatic carbocycles. The molecular weight excluding hydrogens is 604 g/mol. The van der Waals surface area contributed by atoms with Crippen molar-refractivity contribution in [3.63, 3.8) is 0 Å². The van der Waals surface area contributed by atoms with Crippen molar-refractivity contribution < 1.29 is 32.3 Å². The Morgan fingerprint density at radius 3 is 2.22 bits per heavy atom. The molecule has 1 heterocycles. The van der Waals surface area contributed by atoms with Gasteiger partial charge in [0.25, 0.3) is 10.0 Å². The zero-order valence-electron chi connectivity index (χ0n) is 28.1. The monoisotopic (exact) mass is 650 g/mol. The maximum atomic E-state index is 14.7. The summed E-state index contributed by atoms with van der Waals surface area (Å²) in [5.74, 6) is -1.29. The number of nitrogens with zero attached hydrogens (tertiary/aromatic N) is 2. The summed E-state index contributed by atoms with van der Waals surface area (Å²) in [6.07, 6.45) is 1.09. The molecule has 6 atom stereocenters. The number of benzene rings is 2. The summed E-state index contributed by atoms with van der Waals surface area (Å²) < 4.78 is 43.1. The van der Waals surface area contributed by atoms with Crippen molar-refractivity contribution in [3.05, 3.63) is 59.7 Å². The molecule has 0 N–H and O–H groups in total. The minimum atomic E-state index is -4.13. The number of Topliss-reactive ketones (excluding diaryl/α,β-unsaturated/α-hetero) is 1. The van der Waals surface area contributed by atoms with Gasteiger partial charge in [0.2, 0.25) is 5.54 Å². The van der Waals surface area contributed by atoms with E-state index in [1.807, 2.05) is 32.0 Å². The van der Waals surface area contributed by atoms with Gasteiger partial charge in [-0.3, -0.25) is 14.0 Å². The van der Waals surface area contributed by atoms with E-state index in [0.29, 0.717) is 18.5 Å². The standard InChI is InChI=1S/C36H46N2O7S/c1-22-19-23(2)21-24(20-22)38(46(42,43)25-13-10-9-11-14-25)29-26-17-18-35(8,34(26,6)7)30(29)44-31(40)36-27(15-12-16-28(36)39)37(36)32(41)45-33(3,4)5/h9-11,13-14,19-21,26-27,29-30H,12,15-18H2,1-8H3/t26-,27+,29?,30-,35+,36+,37?/m1/s1. The van der Waals surface area contributed by atoms with Crippen molar-refractivity contribution in [2.75, 3.05) is 4.31 Å². The van der Waals surface area contributed by atoms with Gasteiger partial charge in [-0.25, -0.2) is 18.0 Å². The van der Waals surface area contributed by atoms with Crippen LogP contribution in [0, 0.1) is 30.6 Å². The van der Waals surface area contributed by atoms with Gasteiger partial charge in [0.15, 0.2) is 5.78 Å². The average molecular weight is 651 g/mol. The molecule has 2 bridgehead atoms.